The Labute approximate surface area is 163 Å². The summed E-state index contributed by atoms with van der Waals surface area (Å²) < 4.78 is 0. The Morgan fingerprint density at radius 1 is 0.929 bits per heavy atom. The maximum Gasteiger partial charge on any atom is 0.228 e. The second-order valence-corrected chi connectivity index (χ2v) is 6.65. The zero-order valence-electron chi connectivity index (χ0n) is 15.5. The number of aryl methyl sites for hydroxylation is 1. The van der Waals surface area contributed by atoms with E-state index in [1.165, 1.54) is 5.56 Å². The van der Waals surface area contributed by atoms with Crippen molar-refractivity contribution < 1.29 is 4.79 Å². The van der Waals surface area contributed by atoms with Crippen LogP contribution in [-0.4, -0.2) is 15.9 Å². The highest BCUT2D eigenvalue weighted by atomic mass is 16.1. The van der Waals surface area contributed by atoms with Gasteiger partial charge in [0.15, 0.2) is 0 Å². The molecule has 5 nitrogen and oxygen atoms in total. The predicted molar refractivity (Wildman–Crippen MR) is 113 cm³/mol. The molecule has 0 spiro atoms. The fraction of sp³-hybridized carbons (Fsp3) is 0.0870. The summed E-state index contributed by atoms with van der Waals surface area (Å²) in [5, 5.41) is 7.23. The number of benzene rings is 2. The van der Waals surface area contributed by atoms with Crippen molar-refractivity contribution in [1.82, 2.24) is 9.97 Å². The number of amides is 1. The van der Waals surface area contributed by atoms with Crippen LogP contribution in [0.15, 0.2) is 79.1 Å². The van der Waals surface area contributed by atoms with E-state index in [1.54, 1.807) is 12.4 Å². The molecule has 0 saturated carbocycles. The number of aromatic nitrogens is 2. The van der Waals surface area contributed by atoms with Crippen LogP contribution >= 0.6 is 0 Å². The maximum atomic E-state index is 12.2. The number of anilines is 3. The summed E-state index contributed by atoms with van der Waals surface area (Å²) in [4.78, 5) is 21.1. The van der Waals surface area contributed by atoms with Crippen LogP contribution in [0, 0.1) is 6.92 Å². The first-order valence-electron chi connectivity index (χ1n) is 9.09. The number of nitrogens with one attached hydrogen (secondary N) is 2. The van der Waals surface area contributed by atoms with Crippen LogP contribution in [0.1, 0.15) is 11.1 Å². The monoisotopic (exact) mass is 368 g/mol. The average Bonchev–Trinajstić information content (AvgIpc) is 2.71. The third-order valence-corrected chi connectivity index (χ3v) is 4.43. The summed E-state index contributed by atoms with van der Waals surface area (Å²) >= 11 is 0. The average molecular weight is 368 g/mol. The molecule has 0 bridgehead atoms. The van der Waals surface area contributed by atoms with Gasteiger partial charge in [-0.2, -0.15) is 0 Å². The van der Waals surface area contributed by atoms with E-state index in [2.05, 4.69) is 20.6 Å². The summed E-state index contributed by atoms with van der Waals surface area (Å²) in [5.41, 5.74) is 4.61. The number of carbonyl (C=O) groups excluding carboxylic acids is 1. The fourth-order valence-electron chi connectivity index (χ4n) is 2.98. The molecule has 138 valence electrons. The van der Waals surface area contributed by atoms with Gasteiger partial charge in [0.1, 0.15) is 5.82 Å². The molecule has 2 aromatic carbocycles. The van der Waals surface area contributed by atoms with E-state index in [9.17, 15) is 4.79 Å². The third-order valence-electron chi connectivity index (χ3n) is 4.43. The first-order valence-corrected chi connectivity index (χ1v) is 9.09. The summed E-state index contributed by atoms with van der Waals surface area (Å²) in [6, 6.07) is 21.5. The van der Waals surface area contributed by atoms with E-state index in [4.69, 9.17) is 0 Å². The molecule has 28 heavy (non-hydrogen) atoms. The minimum atomic E-state index is -0.0652. The summed E-state index contributed by atoms with van der Waals surface area (Å²) in [7, 11) is 0. The predicted octanol–water partition coefficient (Wildman–Crippen LogP) is 4.86. The van der Waals surface area contributed by atoms with Crippen LogP contribution in [0.5, 0.6) is 0 Å². The topological polar surface area (TPSA) is 66.9 Å². The number of fused-ring (bicyclic) bond motifs is 1. The van der Waals surface area contributed by atoms with Gasteiger partial charge in [0.25, 0.3) is 0 Å². The molecular formula is C23H20N4O. The molecule has 0 aliphatic rings. The molecule has 2 aromatic heterocycles. The molecule has 0 fully saturated rings. The lowest BCUT2D eigenvalue weighted by molar-refractivity contribution is -0.115. The molecule has 1 amide bonds. The molecule has 0 radical (unpaired) electrons. The fourth-order valence-corrected chi connectivity index (χ4v) is 2.98. The number of pyridine rings is 2. The van der Waals surface area contributed by atoms with Gasteiger partial charge in [-0.3, -0.25) is 9.78 Å². The van der Waals surface area contributed by atoms with Gasteiger partial charge >= 0.3 is 0 Å². The van der Waals surface area contributed by atoms with Crippen molar-refractivity contribution in [2.75, 3.05) is 10.6 Å². The van der Waals surface area contributed by atoms with Gasteiger partial charge in [-0.15, -0.1) is 0 Å². The van der Waals surface area contributed by atoms with E-state index in [1.807, 2.05) is 73.7 Å². The number of nitrogens with zero attached hydrogens (tertiary/aromatic N) is 2. The van der Waals surface area contributed by atoms with E-state index in [-0.39, 0.29) is 5.91 Å². The van der Waals surface area contributed by atoms with Crippen molar-refractivity contribution in [2.24, 2.45) is 0 Å². The minimum absolute atomic E-state index is 0.0652. The molecule has 0 saturated heterocycles. The van der Waals surface area contributed by atoms with Gasteiger partial charge in [-0.25, -0.2) is 4.98 Å². The van der Waals surface area contributed by atoms with Crippen LogP contribution < -0.4 is 10.6 Å². The first kappa shape index (κ1) is 17.7. The molecule has 2 N–H and O–H groups in total. The molecule has 5 heteroatoms. The Bertz CT molecular complexity index is 1100. The summed E-state index contributed by atoms with van der Waals surface area (Å²) in [6.45, 7) is 2.03. The zero-order valence-corrected chi connectivity index (χ0v) is 15.5. The molecule has 2 heterocycles. The largest absolute Gasteiger partial charge is 0.338 e. The van der Waals surface area contributed by atoms with Crippen LogP contribution in [0.2, 0.25) is 0 Å². The van der Waals surface area contributed by atoms with Crippen molar-refractivity contribution in [3.8, 4) is 0 Å². The molecule has 0 unspecified atom stereocenters. The number of carbonyl (C=O) groups is 1. The van der Waals surface area contributed by atoms with Gasteiger partial charge in [0.05, 0.1) is 29.5 Å². The highest BCUT2D eigenvalue weighted by Crippen LogP contribution is 2.24. The van der Waals surface area contributed by atoms with Gasteiger partial charge in [0.2, 0.25) is 5.91 Å². The second kappa shape index (κ2) is 7.88. The van der Waals surface area contributed by atoms with Crippen LogP contribution in [0.25, 0.3) is 10.9 Å². The molecule has 0 aliphatic heterocycles. The van der Waals surface area contributed by atoms with E-state index < -0.39 is 0 Å². The first-order chi connectivity index (χ1) is 13.7. The Morgan fingerprint density at radius 3 is 2.54 bits per heavy atom. The number of para-hydroxylation sites is 1. The number of hydrogen-bond acceptors (Lipinski definition) is 4. The van der Waals surface area contributed by atoms with Crippen molar-refractivity contribution >= 4 is 34.0 Å². The second-order valence-electron chi connectivity index (χ2n) is 6.65. The lowest BCUT2D eigenvalue weighted by Crippen LogP contribution is -2.14. The minimum Gasteiger partial charge on any atom is -0.338 e. The standard InChI is InChI=1S/C23H20N4O/c1-16-7-9-17(10-8-16)14-22(28)26-19-11-12-21(25-15-19)27-20-6-2-4-18-5-3-13-24-23(18)20/h2-13,15H,14H2,1H3,(H,25,27)(H,26,28). The molecule has 4 aromatic rings. The van der Waals surface area contributed by atoms with Crippen LogP contribution in [-0.2, 0) is 11.2 Å². The Hall–Kier alpha value is -3.73. The smallest absolute Gasteiger partial charge is 0.228 e. The number of rotatable bonds is 5. The third kappa shape index (κ3) is 4.15. The Kier molecular flexibility index (Phi) is 4.97. The summed E-state index contributed by atoms with van der Waals surface area (Å²) in [6.07, 6.45) is 3.75. The van der Waals surface area contributed by atoms with Crippen LogP contribution in [0.4, 0.5) is 17.2 Å². The van der Waals surface area contributed by atoms with E-state index in [0.717, 1.165) is 22.2 Å². The highest BCUT2D eigenvalue weighted by Gasteiger charge is 2.06. The maximum absolute atomic E-state index is 12.2. The lowest BCUT2D eigenvalue weighted by Gasteiger charge is -2.10. The van der Waals surface area contributed by atoms with Gasteiger partial charge < -0.3 is 10.6 Å². The van der Waals surface area contributed by atoms with Crippen molar-refractivity contribution in [2.45, 2.75) is 13.3 Å². The SMILES string of the molecule is Cc1ccc(CC(=O)Nc2ccc(Nc3cccc4cccnc34)nc2)cc1. The highest BCUT2D eigenvalue weighted by molar-refractivity contribution is 5.93. The quantitative estimate of drug-likeness (QED) is 0.528. The Balaban J connectivity index is 1.42. The molecule has 0 aliphatic carbocycles. The van der Waals surface area contributed by atoms with Gasteiger partial charge in [-0.05, 0) is 36.8 Å². The summed E-state index contributed by atoms with van der Waals surface area (Å²) in [5.74, 6) is 0.624. The molecule has 4 rings (SSSR count). The van der Waals surface area contributed by atoms with Crippen molar-refractivity contribution in [1.29, 1.82) is 0 Å². The molecular weight excluding hydrogens is 348 g/mol. The Morgan fingerprint density at radius 2 is 1.75 bits per heavy atom. The lowest BCUT2D eigenvalue weighted by atomic mass is 10.1. The molecule has 0 atom stereocenters. The van der Waals surface area contributed by atoms with E-state index >= 15 is 0 Å². The van der Waals surface area contributed by atoms with E-state index in [0.29, 0.717) is 17.9 Å². The zero-order chi connectivity index (χ0) is 19.3. The van der Waals surface area contributed by atoms with Crippen molar-refractivity contribution in [3.05, 3.63) is 90.3 Å². The van der Waals surface area contributed by atoms with Gasteiger partial charge in [-0.1, -0.05) is 48.0 Å². The van der Waals surface area contributed by atoms with Gasteiger partial charge in [0, 0.05) is 11.6 Å². The number of hydrogen-bond donors (Lipinski definition) is 2. The normalized spacial score (nSPS) is 10.6. The van der Waals surface area contributed by atoms with Crippen molar-refractivity contribution in [3.63, 3.8) is 0 Å². The van der Waals surface area contributed by atoms with Crippen LogP contribution in [0.3, 0.4) is 0 Å².